The van der Waals surface area contributed by atoms with Gasteiger partial charge in [0.05, 0.1) is 4.32 Å². The van der Waals surface area contributed by atoms with Crippen LogP contribution in [0.3, 0.4) is 0 Å². The first kappa shape index (κ1) is 13.0. The number of likely N-dealkylation sites (N-methyl/N-ethyl adjacent to an activating group) is 1. The number of carbonyl (C=O) groups is 1. The van der Waals surface area contributed by atoms with Gasteiger partial charge in [-0.2, -0.15) is 0 Å². The van der Waals surface area contributed by atoms with Gasteiger partial charge in [0.25, 0.3) is 0 Å². The topological polar surface area (TPSA) is 32.3 Å². The Bertz CT molecular complexity index is 233. The first-order chi connectivity index (χ1) is 6.82. The van der Waals surface area contributed by atoms with E-state index in [2.05, 4.69) is 40.1 Å². The number of halogens is 1. The van der Waals surface area contributed by atoms with E-state index in [1.165, 1.54) is 12.8 Å². The monoisotopic (exact) mass is 276 g/mol. The van der Waals surface area contributed by atoms with E-state index in [0.717, 1.165) is 12.6 Å². The van der Waals surface area contributed by atoms with Crippen molar-refractivity contribution in [2.75, 3.05) is 13.6 Å². The SMILES string of the molecule is CC(CNC(=O)C(C)(C)Br)N(C)C1CC1. The molecule has 1 amide bonds. The van der Waals surface area contributed by atoms with E-state index >= 15 is 0 Å². The summed E-state index contributed by atoms with van der Waals surface area (Å²) in [7, 11) is 2.13. The zero-order valence-electron chi connectivity index (χ0n) is 10.0. The summed E-state index contributed by atoms with van der Waals surface area (Å²) in [5.74, 6) is 0.0542. The number of hydrogen-bond donors (Lipinski definition) is 1. The molecule has 1 aliphatic rings. The van der Waals surface area contributed by atoms with Crippen LogP contribution in [0.15, 0.2) is 0 Å². The molecule has 1 fully saturated rings. The first-order valence-electron chi connectivity index (χ1n) is 5.51. The molecule has 88 valence electrons. The molecule has 15 heavy (non-hydrogen) atoms. The average molecular weight is 277 g/mol. The second kappa shape index (κ2) is 4.83. The lowest BCUT2D eigenvalue weighted by molar-refractivity contribution is -0.122. The predicted molar refractivity (Wildman–Crippen MR) is 66.3 cm³/mol. The van der Waals surface area contributed by atoms with Crippen molar-refractivity contribution in [3.8, 4) is 0 Å². The van der Waals surface area contributed by atoms with E-state index in [0.29, 0.717) is 6.04 Å². The Morgan fingerprint density at radius 2 is 2.13 bits per heavy atom. The van der Waals surface area contributed by atoms with Gasteiger partial charge in [-0.15, -0.1) is 0 Å². The lowest BCUT2D eigenvalue weighted by Crippen LogP contribution is -2.45. The highest BCUT2D eigenvalue weighted by Gasteiger charge is 2.30. The molecule has 0 aliphatic heterocycles. The van der Waals surface area contributed by atoms with Gasteiger partial charge < -0.3 is 5.32 Å². The van der Waals surface area contributed by atoms with E-state index in [-0.39, 0.29) is 5.91 Å². The molecule has 1 aliphatic carbocycles. The van der Waals surface area contributed by atoms with Crippen LogP contribution in [0.25, 0.3) is 0 Å². The Morgan fingerprint density at radius 3 is 2.53 bits per heavy atom. The van der Waals surface area contributed by atoms with Crippen molar-refractivity contribution in [1.82, 2.24) is 10.2 Å². The zero-order chi connectivity index (χ0) is 11.6. The largest absolute Gasteiger partial charge is 0.353 e. The molecule has 3 nitrogen and oxygen atoms in total. The molecule has 0 aromatic rings. The maximum atomic E-state index is 11.6. The Hall–Kier alpha value is -0.0900. The molecule has 1 unspecified atom stereocenters. The van der Waals surface area contributed by atoms with Crippen LogP contribution in [0.2, 0.25) is 0 Å². The number of rotatable bonds is 5. The van der Waals surface area contributed by atoms with E-state index in [4.69, 9.17) is 0 Å². The number of nitrogens with zero attached hydrogens (tertiary/aromatic N) is 1. The molecular weight excluding hydrogens is 256 g/mol. The number of nitrogens with one attached hydrogen (secondary N) is 1. The lowest BCUT2D eigenvalue weighted by atomic mass is 10.2. The molecule has 1 saturated carbocycles. The summed E-state index contributed by atoms with van der Waals surface area (Å²) >= 11 is 3.35. The molecule has 4 heteroatoms. The Kier molecular flexibility index (Phi) is 4.18. The number of hydrogen-bond acceptors (Lipinski definition) is 2. The number of carbonyl (C=O) groups excluding carboxylic acids is 1. The van der Waals surface area contributed by atoms with Gasteiger partial charge in [-0.3, -0.25) is 9.69 Å². The fraction of sp³-hybridized carbons (Fsp3) is 0.909. The quantitative estimate of drug-likeness (QED) is 0.777. The average Bonchev–Trinajstić information content (AvgIpc) is 2.93. The highest BCUT2D eigenvalue weighted by atomic mass is 79.9. The highest BCUT2D eigenvalue weighted by molar-refractivity contribution is 9.10. The molecule has 1 N–H and O–H groups in total. The maximum Gasteiger partial charge on any atom is 0.236 e. The van der Waals surface area contributed by atoms with Crippen LogP contribution < -0.4 is 5.32 Å². The Morgan fingerprint density at radius 1 is 1.60 bits per heavy atom. The minimum atomic E-state index is -0.467. The number of amides is 1. The lowest BCUT2D eigenvalue weighted by Gasteiger charge is -2.26. The normalized spacial score (nSPS) is 19.1. The van der Waals surface area contributed by atoms with Crippen LogP contribution >= 0.6 is 15.9 Å². The summed E-state index contributed by atoms with van der Waals surface area (Å²) < 4.78 is -0.467. The van der Waals surface area contributed by atoms with Gasteiger partial charge in [-0.05, 0) is 40.7 Å². The van der Waals surface area contributed by atoms with Crippen molar-refractivity contribution >= 4 is 21.8 Å². The molecule has 0 saturated heterocycles. The molecular formula is C11H21BrN2O. The van der Waals surface area contributed by atoms with E-state index in [1.54, 1.807) is 0 Å². The fourth-order valence-corrected chi connectivity index (χ4v) is 1.58. The predicted octanol–water partition coefficient (Wildman–Crippen LogP) is 1.76. The summed E-state index contributed by atoms with van der Waals surface area (Å²) in [5.41, 5.74) is 0. The van der Waals surface area contributed by atoms with E-state index in [1.807, 2.05) is 13.8 Å². The molecule has 0 spiro atoms. The molecule has 0 aromatic carbocycles. The van der Waals surface area contributed by atoms with Gasteiger partial charge in [0, 0.05) is 18.6 Å². The van der Waals surface area contributed by atoms with Gasteiger partial charge in [0.1, 0.15) is 0 Å². The van der Waals surface area contributed by atoms with E-state index in [9.17, 15) is 4.79 Å². The maximum absolute atomic E-state index is 11.6. The molecule has 1 rings (SSSR count). The van der Waals surface area contributed by atoms with Crippen LogP contribution in [-0.2, 0) is 4.79 Å². The number of alkyl halides is 1. The van der Waals surface area contributed by atoms with Crippen molar-refractivity contribution < 1.29 is 4.79 Å². The fourth-order valence-electron chi connectivity index (χ4n) is 1.44. The summed E-state index contributed by atoms with van der Waals surface area (Å²) in [5, 5.41) is 2.96. The van der Waals surface area contributed by atoms with Crippen LogP contribution in [0.5, 0.6) is 0 Å². The van der Waals surface area contributed by atoms with Gasteiger partial charge in [-0.25, -0.2) is 0 Å². The third-order valence-electron chi connectivity index (χ3n) is 2.92. The molecule has 0 radical (unpaired) electrons. The summed E-state index contributed by atoms with van der Waals surface area (Å²) in [4.78, 5) is 13.9. The van der Waals surface area contributed by atoms with Gasteiger partial charge in [0.2, 0.25) is 5.91 Å². The molecule has 0 bridgehead atoms. The summed E-state index contributed by atoms with van der Waals surface area (Å²) in [6, 6.07) is 1.16. The second-order valence-corrected chi connectivity index (χ2v) is 6.91. The van der Waals surface area contributed by atoms with Crippen molar-refractivity contribution in [2.24, 2.45) is 0 Å². The van der Waals surface area contributed by atoms with Crippen molar-refractivity contribution in [2.45, 2.75) is 50.0 Å². The molecule has 1 atom stereocenters. The highest BCUT2D eigenvalue weighted by Crippen LogP contribution is 2.26. The van der Waals surface area contributed by atoms with Crippen LogP contribution in [0, 0.1) is 0 Å². The standard InChI is InChI=1S/C11H21BrN2O/c1-8(14(4)9-5-6-9)7-13-10(15)11(2,3)12/h8-9H,5-7H2,1-4H3,(H,13,15). The third kappa shape index (κ3) is 4.11. The van der Waals surface area contributed by atoms with Gasteiger partial charge in [0.15, 0.2) is 0 Å². The summed E-state index contributed by atoms with van der Waals surface area (Å²) in [6.07, 6.45) is 2.61. The van der Waals surface area contributed by atoms with Crippen LogP contribution in [0.1, 0.15) is 33.6 Å². The van der Waals surface area contributed by atoms with Crippen molar-refractivity contribution in [1.29, 1.82) is 0 Å². The summed E-state index contributed by atoms with van der Waals surface area (Å²) in [6.45, 7) is 6.59. The van der Waals surface area contributed by atoms with Crippen molar-refractivity contribution in [3.05, 3.63) is 0 Å². The van der Waals surface area contributed by atoms with E-state index < -0.39 is 4.32 Å². The van der Waals surface area contributed by atoms with Crippen LogP contribution in [-0.4, -0.2) is 40.8 Å². The van der Waals surface area contributed by atoms with Crippen LogP contribution in [0.4, 0.5) is 0 Å². The van der Waals surface area contributed by atoms with Gasteiger partial charge in [-0.1, -0.05) is 15.9 Å². The van der Waals surface area contributed by atoms with Crippen molar-refractivity contribution in [3.63, 3.8) is 0 Å². The molecule has 0 aromatic heterocycles. The third-order valence-corrected chi connectivity index (χ3v) is 3.28. The second-order valence-electron chi connectivity index (χ2n) is 4.93. The Balaban J connectivity index is 2.27. The smallest absolute Gasteiger partial charge is 0.236 e. The minimum absolute atomic E-state index is 0.0542. The van der Waals surface area contributed by atoms with Gasteiger partial charge >= 0.3 is 0 Å². The molecule has 0 heterocycles. The first-order valence-corrected chi connectivity index (χ1v) is 6.31. The zero-order valence-corrected chi connectivity index (χ0v) is 11.6. The minimum Gasteiger partial charge on any atom is -0.353 e. The Labute approximate surface area is 101 Å².